The number of rotatable bonds is 3. The fourth-order valence-electron chi connectivity index (χ4n) is 2.66. The van der Waals surface area contributed by atoms with Gasteiger partial charge in [-0.25, -0.2) is 0 Å². The molecule has 0 bridgehead atoms. The summed E-state index contributed by atoms with van der Waals surface area (Å²) in [5.41, 5.74) is 5.06. The molecule has 0 aromatic heterocycles. The molecule has 2 heteroatoms. The molecule has 0 radical (unpaired) electrons. The summed E-state index contributed by atoms with van der Waals surface area (Å²) in [6.07, 6.45) is 0.416. The van der Waals surface area contributed by atoms with Crippen LogP contribution in [0.4, 0.5) is 5.69 Å². The molecule has 1 atom stereocenters. The minimum Gasteiger partial charge on any atom is -0.388 e. The maximum Gasteiger partial charge on any atom is 0.0787 e. The van der Waals surface area contributed by atoms with E-state index in [1.807, 2.05) is 19.1 Å². The summed E-state index contributed by atoms with van der Waals surface area (Å²) < 4.78 is 0. The van der Waals surface area contributed by atoms with Gasteiger partial charge in [-0.2, -0.15) is 0 Å². The summed E-state index contributed by atoms with van der Waals surface area (Å²) in [5.74, 6) is 0. The molecule has 0 saturated carbocycles. The van der Waals surface area contributed by atoms with Gasteiger partial charge in [0.05, 0.1) is 6.10 Å². The van der Waals surface area contributed by atoms with Crippen LogP contribution < -0.4 is 4.90 Å². The maximum atomic E-state index is 9.81. The van der Waals surface area contributed by atoms with Crippen molar-refractivity contribution in [1.82, 2.24) is 0 Å². The van der Waals surface area contributed by atoms with Crippen LogP contribution in [0.15, 0.2) is 48.5 Å². The van der Waals surface area contributed by atoms with E-state index < -0.39 is 0 Å². The molecule has 3 rings (SSSR count). The minimum atomic E-state index is -0.343. The third-order valence-electron chi connectivity index (χ3n) is 3.87. The average Bonchev–Trinajstić information content (AvgIpc) is 2.90. The predicted molar refractivity (Wildman–Crippen MR) is 78.0 cm³/mol. The first-order valence-corrected chi connectivity index (χ1v) is 6.87. The molecule has 1 heterocycles. The molecule has 1 aliphatic rings. The number of nitrogens with zero attached hydrogens (tertiary/aromatic N) is 1. The summed E-state index contributed by atoms with van der Waals surface area (Å²) in [6.45, 7) is 3.95. The molecular weight excluding hydrogens is 234 g/mol. The largest absolute Gasteiger partial charge is 0.388 e. The Bertz CT molecular complexity index is 537. The highest BCUT2D eigenvalue weighted by Crippen LogP contribution is 2.29. The van der Waals surface area contributed by atoms with Crippen molar-refractivity contribution in [2.24, 2.45) is 0 Å². The first-order chi connectivity index (χ1) is 9.28. The molecule has 2 aromatic carbocycles. The Morgan fingerprint density at radius 2 is 1.58 bits per heavy atom. The Kier molecular flexibility index (Phi) is 3.26. The molecule has 1 N–H and O–H groups in total. The number of aliphatic hydroxyl groups is 1. The van der Waals surface area contributed by atoms with Crippen LogP contribution in [0.3, 0.4) is 0 Å². The van der Waals surface area contributed by atoms with E-state index >= 15 is 0 Å². The molecule has 0 unspecified atom stereocenters. The molecular formula is C17H19NO. The third-order valence-corrected chi connectivity index (χ3v) is 3.87. The van der Waals surface area contributed by atoms with Crippen molar-refractivity contribution in [3.05, 3.63) is 65.2 Å². The molecule has 0 fully saturated rings. The molecule has 98 valence electrons. The summed E-state index contributed by atoms with van der Waals surface area (Å²) in [6, 6.07) is 16.9. The number of hydrogen-bond acceptors (Lipinski definition) is 2. The van der Waals surface area contributed by atoms with E-state index in [0.29, 0.717) is 0 Å². The summed E-state index contributed by atoms with van der Waals surface area (Å²) >= 11 is 0. The third kappa shape index (κ3) is 2.36. The maximum absolute atomic E-state index is 9.81. The van der Waals surface area contributed by atoms with Gasteiger partial charge in [0.2, 0.25) is 0 Å². The summed E-state index contributed by atoms with van der Waals surface area (Å²) in [7, 11) is 0. The van der Waals surface area contributed by atoms with Crippen molar-refractivity contribution < 1.29 is 5.11 Å². The normalized spacial score (nSPS) is 15.4. The lowest BCUT2D eigenvalue weighted by atomic mass is 10.1. The number of anilines is 1. The van der Waals surface area contributed by atoms with Crippen molar-refractivity contribution >= 4 is 5.69 Å². The molecule has 1 aliphatic heterocycles. The van der Waals surface area contributed by atoms with Crippen LogP contribution in [0.1, 0.15) is 36.1 Å². The molecule has 0 aliphatic carbocycles. The van der Waals surface area contributed by atoms with E-state index in [9.17, 15) is 5.11 Å². The average molecular weight is 253 g/mol. The highest BCUT2D eigenvalue weighted by Gasteiger charge is 2.18. The lowest BCUT2D eigenvalue weighted by Crippen LogP contribution is -2.14. The summed E-state index contributed by atoms with van der Waals surface area (Å²) in [4.78, 5) is 2.37. The van der Waals surface area contributed by atoms with Crippen LogP contribution >= 0.6 is 0 Å². The number of fused-ring (bicyclic) bond motifs is 1. The van der Waals surface area contributed by atoms with E-state index in [1.54, 1.807) is 0 Å². The van der Waals surface area contributed by atoms with Gasteiger partial charge in [-0.3, -0.25) is 0 Å². The van der Waals surface area contributed by atoms with E-state index in [1.165, 1.54) is 16.8 Å². The van der Waals surface area contributed by atoms with E-state index in [2.05, 4.69) is 41.3 Å². The fraction of sp³-hybridized carbons (Fsp3) is 0.294. The number of hydrogen-bond donors (Lipinski definition) is 1. The van der Waals surface area contributed by atoms with Crippen LogP contribution in [0, 0.1) is 0 Å². The molecule has 0 amide bonds. The molecule has 0 saturated heterocycles. The first-order valence-electron chi connectivity index (χ1n) is 6.87. The van der Waals surface area contributed by atoms with Crippen LogP contribution in [-0.4, -0.2) is 5.11 Å². The predicted octanol–water partition coefficient (Wildman–Crippen LogP) is 3.65. The van der Waals surface area contributed by atoms with Gasteiger partial charge in [0.15, 0.2) is 0 Å². The monoisotopic (exact) mass is 253 g/mol. The lowest BCUT2D eigenvalue weighted by molar-refractivity contribution is 0.173. The highest BCUT2D eigenvalue weighted by atomic mass is 16.3. The van der Waals surface area contributed by atoms with E-state index in [0.717, 1.165) is 25.1 Å². The van der Waals surface area contributed by atoms with Crippen molar-refractivity contribution in [3.63, 3.8) is 0 Å². The molecule has 0 spiro atoms. The van der Waals surface area contributed by atoms with E-state index in [4.69, 9.17) is 0 Å². The SMILES string of the molecule is CC[C@@H](O)c1ccc(N2Cc3ccccc3C2)cc1. The van der Waals surface area contributed by atoms with Crippen LogP contribution in [0.5, 0.6) is 0 Å². The van der Waals surface area contributed by atoms with E-state index in [-0.39, 0.29) is 6.10 Å². The zero-order valence-corrected chi connectivity index (χ0v) is 11.2. The Morgan fingerprint density at radius 3 is 2.11 bits per heavy atom. The summed E-state index contributed by atoms with van der Waals surface area (Å²) in [5, 5.41) is 9.81. The quantitative estimate of drug-likeness (QED) is 0.902. The second kappa shape index (κ2) is 5.06. The Balaban J connectivity index is 1.78. The lowest BCUT2D eigenvalue weighted by Gasteiger charge is -2.18. The Labute approximate surface area is 114 Å². The van der Waals surface area contributed by atoms with Gasteiger partial charge in [-0.05, 0) is 35.2 Å². The molecule has 2 nitrogen and oxygen atoms in total. The van der Waals surface area contributed by atoms with Crippen molar-refractivity contribution in [3.8, 4) is 0 Å². The van der Waals surface area contributed by atoms with Crippen LogP contribution in [0.2, 0.25) is 0 Å². The number of aliphatic hydroxyl groups excluding tert-OH is 1. The van der Waals surface area contributed by atoms with Crippen molar-refractivity contribution in [1.29, 1.82) is 0 Å². The van der Waals surface area contributed by atoms with Gasteiger partial charge < -0.3 is 10.0 Å². The molecule has 19 heavy (non-hydrogen) atoms. The van der Waals surface area contributed by atoms with Gasteiger partial charge in [-0.1, -0.05) is 43.3 Å². The standard InChI is InChI=1S/C17H19NO/c1-2-17(19)13-7-9-16(10-8-13)18-11-14-5-3-4-6-15(14)12-18/h3-10,17,19H,2,11-12H2,1H3/t17-/m1/s1. The number of benzene rings is 2. The van der Waals surface area contributed by atoms with Crippen LogP contribution in [-0.2, 0) is 13.1 Å². The smallest absolute Gasteiger partial charge is 0.0787 e. The van der Waals surface area contributed by atoms with Gasteiger partial charge in [0, 0.05) is 18.8 Å². The van der Waals surface area contributed by atoms with Gasteiger partial charge >= 0.3 is 0 Å². The van der Waals surface area contributed by atoms with Gasteiger partial charge in [-0.15, -0.1) is 0 Å². The second-order valence-corrected chi connectivity index (χ2v) is 5.14. The Morgan fingerprint density at radius 1 is 1.00 bits per heavy atom. The van der Waals surface area contributed by atoms with Gasteiger partial charge in [0.1, 0.15) is 0 Å². The molecule has 2 aromatic rings. The highest BCUT2D eigenvalue weighted by molar-refractivity contribution is 5.52. The zero-order chi connectivity index (χ0) is 13.2. The topological polar surface area (TPSA) is 23.5 Å². The van der Waals surface area contributed by atoms with Crippen LogP contribution in [0.25, 0.3) is 0 Å². The minimum absolute atomic E-state index is 0.343. The zero-order valence-electron chi connectivity index (χ0n) is 11.2. The Hall–Kier alpha value is -1.80. The fourth-order valence-corrected chi connectivity index (χ4v) is 2.66. The van der Waals surface area contributed by atoms with Gasteiger partial charge in [0.25, 0.3) is 0 Å². The second-order valence-electron chi connectivity index (χ2n) is 5.14. The van der Waals surface area contributed by atoms with Crippen molar-refractivity contribution in [2.45, 2.75) is 32.5 Å². The first kappa shape index (κ1) is 12.2. The van der Waals surface area contributed by atoms with Crippen molar-refractivity contribution in [2.75, 3.05) is 4.90 Å².